The Balaban J connectivity index is 2.30. The van der Waals surface area contributed by atoms with Crippen LogP contribution in [0.25, 0.3) is 0 Å². The lowest BCUT2D eigenvalue weighted by Gasteiger charge is -2.09. The first kappa shape index (κ1) is 14.3. The Morgan fingerprint density at radius 1 is 1.11 bits per heavy atom. The largest absolute Gasteiger partial charge is 0.421 e. The maximum atomic E-state index is 12.0. The molecule has 0 amide bonds. The summed E-state index contributed by atoms with van der Waals surface area (Å²) in [5, 5.41) is 8.87. The highest BCUT2D eigenvalue weighted by Crippen LogP contribution is 2.29. The minimum absolute atomic E-state index is 0.402. The van der Waals surface area contributed by atoms with Crippen LogP contribution >= 0.6 is 45.2 Å². The fraction of sp³-hybridized carbons (Fsp3) is 0. The van der Waals surface area contributed by atoms with Crippen LogP contribution in [0.4, 0.5) is 0 Å². The van der Waals surface area contributed by atoms with Gasteiger partial charge in [-0.2, -0.15) is 5.26 Å². The average Bonchev–Trinajstić information content (AvgIpc) is 2.43. The molecule has 2 aromatic rings. The van der Waals surface area contributed by atoms with Gasteiger partial charge in [-0.05, 0) is 69.4 Å². The van der Waals surface area contributed by atoms with Crippen LogP contribution < -0.4 is 4.74 Å². The van der Waals surface area contributed by atoms with Crippen LogP contribution in [0, 0.1) is 18.5 Å². The number of hydrogen-bond donors (Lipinski definition) is 0. The Hall–Kier alpha value is -1.14. The zero-order chi connectivity index (χ0) is 13.8. The van der Waals surface area contributed by atoms with Crippen LogP contribution in [0.15, 0.2) is 42.5 Å². The minimum Gasteiger partial charge on any atom is -0.421 e. The molecule has 94 valence electrons. The standard InChI is InChI=1S/C14H7I2NO2/c15-11-6-9(8-17)7-12(16)13(11)19-14(18)10-4-2-1-3-5-10/h1-7H. The van der Waals surface area contributed by atoms with E-state index in [4.69, 9.17) is 10.00 Å². The molecule has 0 aliphatic rings. The summed E-state index contributed by atoms with van der Waals surface area (Å²) in [7, 11) is 0. The maximum absolute atomic E-state index is 12.0. The molecule has 0 N–H and O–H groups in total. The molecule has 2 aromatic carbocycles. The van der Waals surface area contributed by atoms with Crippen LogP contribution in [0.1, 0.15) is 15.9 Å². The number of carbonyl (C=O) groups excluding carboxylic acids is 1. The van der Waals surface area contributed by atoms with E-state index in [0.717, 1.165) is 7.14 Å². The lowest BCUT2D eigenvalue weighted by molar-refractivity contribution is 0.0732. The first-order chi connectivity index (χ1) is 9.11. The Morgan fingerprint density at radius 2 is 1.68 bits per heavy atom. The number of esters is 1. The molecule has 0 spiro atoms. The topological polar surface area (TPSA) is 50.1 Å². The Labute approximate surface area is 137 Å². The molecular formula is C14H7I2NO2. The number of nitrogens with zero attached hydrogens (tertiary/aromatic N) is 1. The van der Waals surface area contributed by atoms with Gasteiger partial charge in [0.15, 0.2) is 5.75 Å². The zero-order valence-electron chi connectivity index (χ0n) is 9.56. The summed E-state index contributed by atoms with van der Waals surface area (Å²) in [6.45, 7) is 0. The van der Waals surface area contributed by atoms with Crippen molar-refractivity contribution in [3.63, 3.8) is 0 Å². The molecule has 0 aliphatic heterocycles. The first-order valence-corrected chi connectivity index (χ1v) is 7.44. The van der Waals surface area contributed by atoms with Gasteiger partial charge in [0, 0.05) is 0 Å². The van der Waals surface area contributed by atoms with E-state index in [1.54, 1.807) is 36.4 Å². The molecule has 5 heteroatoms. The second-order valence-corrected chi connectivity index (χ2v) is 5.96. The second kappa shape index (κ2) is 6.34. The van der Waals surface area contributed by atoms with Crippen molar-refractivity contribution in [2.24, 2.45) is 0 Å². The van der Waals surface area contributed by atoms with Crippen molar-refractivity contribution in [1.29, 1.82) is 5.26 Å². The summed E-state index contributed by atoms with van der Waals surface area (Å²) in [6.07, 6.45) is 0. The summed E-state index contributed by atoms with van der Waals surface area (Å²) in [5.74, 6) is 0.0928. The van der Waals surface area contributed by atoms with Crippen molar-refractivity contribution in [1.82, 2.24) is 0 Å². The van der Waals surface area contributed by atoms with Gasteiger partial charge in [0.1, 0.15) is 0 Å². The molecule has 0 radical (unpaired) electrons. The number of halogens is 2. The maximum Gasteiger partial charge on any atom is 0.343 e. The van der Waals surface area contributed by atoms with E-state index in [1.807, 2.05) is 6.07 Å². The van der Waals surface area contributed by atoms with Gasteiger partial charge in [0.2, 0.25) is 0 Å². The normalized spacial score (nSPS) is 9.74. The molecule has 19 heavy (non-hydrogen) atoms. The summed E-state index contributed by atoms with van der Waals surface area (Å²) in [5.41, 5.74) is 1.05. The molecule has 0 saturated carbocycles. The molecule has 0 bridgehead atoms. The minimum atomic E-state index is -0.402. The fourth-order valence-electron chi connectivity index (χ4n) is 1.45. The Morgan fingerprint density at radius 3 is 2.21 bits per heavy atom. The van der Waals surface area contributed by atoms with Gasteiger partial charge >= 0.3 is 5.97 Å². The van der Waals surface area contributed by atoms with Crippen LogP contribution in [-0.4, -0.2) is 5.97 Å². The Bertz CT molecular complexity index is 640. The highest BCUT2D eigenvalue weighted by Gasteiger charge is 2.14. The predicted molar refractivity (Wildman–Crippen MR) is 88.0 cm³/mol. The molecule has 0 saturated heterocycles. The third kappa shape index (κ3) is 3.45. The van der Waals surface area contributed by atoms with E-state index in [0.29, 0.717) is 16.9 Å². The number of ether oxygens (including phenoxy) is 1. The number of carbonyl (C=O) groups is 1. The number of hydrogen-bond acceptors (Lipinski definition) is 3. The summed E-state index contributed by atoms with van der Waals surface area (Å²) >= 11 is 4.11. The molecule has 2 rings (SSSR count). The Kier molecular flexibility index (Phi) is 4.76. The highest BCUT2D eigenvalue weighted by molar-refractivity contribution is 14.1. The van der Waals surface area contributed by atoms with E-state index in [2.05, 4.69) is 51.3 Å². The van der Waals surface area contributed by atoms with Gasteiger partial charge < -0.3 is 4.74 Å². The van der Waals surface area contributed by atoms with Crippen molar-refractivity contribution in [2.75, 3.05) is 0 Å². The number of nitriles is 1. The second-order valence-electron chi connectivity index (χ2n) is 3.64. The molecule has 0 unspecified atom stereocenters. The van der Waals surface area contributed by atoms with Gasteiger partial charge in [0.25, 0.3) is 0 Å². The smallest absolute Gasteiger partial charge is 0.343 e. The van der Waals surface area contributed by atoms with Crippen molar-refractivity contribution >= 4 is 51.2 Å². The van der Waals surface area contributed by atoms with E-state index < -0.39 is 5.97 Å². The van der Waals surface area contributed by atoms with Gasteiger partial charge in [-0.1, -0.05) is 18.2 Å². The van der Waals surface area contributed by atoms with Gasteiger partial charge in [-0.3, -0.25) is 0 Å². The number of rotatable bonds is 2. The van der Waals surface area contributed by atoms with Crippen molar-refractivity contribution < 1.29 is 9.53 Å². The van der Waals surface area contributed by atoms with Crippen LogP contribution in [0.5, 0.6) is 5.75 Å². The molecule has 0 aliphatic carbocycles. The van der Waals surface area contributed by atoms with Crippen molar-refractivity contribution in [3.05, 3.63) is 60.7 Å². The average molecular weight is 475 g/mol. The molecule has 0 fully saturated rings. The van der Waals surface area contributed by atoms with Gasteiger partial charge in [-0.25, -0.2) is 4.79 Å². The third-order valence-electron chi connectivity index (χ3n) is 2.33. The predicted octanol–water partition coefficient (Wildman–Crippen LogP) is 3.99. The SMILES string of the molecule is N#Cc1cc(I)c(OC(=O)c2ccccc2)c(I)c1. The molecular weight excluding hydrogens is 468 g/mol. The lowest BCUT2D eigenvalue weighted by Crippen LogP contribution is -2.10. The quantitative estimate of drug-likeness (QED) is 0.376. The van der Waals surface area contributed by atoms with Gasteiger partial charge in [-0.15, -0.1) is 0 Å². The van der Waals surface area contributed by atoms with Crippen molar-refractivity contribution in [3.8, 4) is 11.8 Å². The number of benzene rings is 2. The van der Waals surface area contributed by atoms with Crippen LogP contribution in [0.2, 0.25) is 0 Å². The summed E-state index contributed by atoms with van der Waals surface area (Å²) in [4.78, 5) is 12.0. The molecule has 0 atom stereocenters. The highest BCUT2D eigenvalue weighted by atomic mass is 127. The molecule has 3 nitrogen and oxygen atoms in total. The van der Waals surface area contributed by atoms with Crippen LogP contribution in [-0.2, 0) is 0 Å². The monoisotopic (exact) mass is 475 g/mol. The van der Waals surface area contributed by atoms with E-state index >= 15 is 0 Å². The lowest BCUT2D eigenvalue weighted by atomic mass is 10.2. The zero-order valence-corrected chi connectivity index (χ0v) is 13.9. The summed E-state index contributed by atoms with van der Waals surface area (Å²) < 4.78 is 6.88. The summed E-state index contributed by atoms with van der Waals surface area (Å²) in [6, 6.07) is 14.3. The van der Waals surface area contributed by atoms with E-state index in [-0.39, 0.29) is 0 Å². The fourth-order valence-corrected chi connectivity index (χ4v) is 3.44. The molecule has 0 heterocycles. The van der Waals surface area contributed by atoms with E-state index in [1.165, 1.54) is 0 Å². The van der Waals surface area contributed by atoms with Crippen molar-refractivity contribution in [2.45, 2.75) is 0 Å². The van der Waals surface area contributed by atoms with E-state index in [9.17, 15) is 4.79 Å². The molecule has 0 aromatic heterocycles. The van der Waals surface area contributed by atoms with Gasteiger partial charge in [0.05, 0.1) is 24.3 Å². The van der Waals surface area contributed by atoms with Crippen LogP contribution in [0.3, 0.4) is 0 Å². The first-order valence-electron chi connectivity index (χ1n) is 5.28. The third-order valence-corrected chi connectivity index (χ3v) is 3.93.